The first-order chi connectivity index (χ1) is 19.7. The van der Waals surface area contributed by atoms with Crippen LogP contribution in [0, 0.1) is 0 Å². The molecule has 0 saturated heterocycles. The van der Waals surface area contributed by atoms with Gasteiger partial charge in [0.1, 0.15) is 16.4 Å². The molecule has 0 saturated carbocycles. The third kappa shape index (κ3) is 7.14. The van der Waals surface area contributed by atoms with Crippen molar-refractivity contribution in [3.05, 3.63) is 102 Å². The summed E-state index contributed by atoms with van der Waals surface area (Å²) in [7, 11) is -1.22. The highest BCUT2D eigenvalue weighted by Gasteiger charge is 2.21. The van der Waals surface area contributed by atoms with Crippen LogP contribution in [0.25, 0.3) is 11.1 Å². The highest BCUT2D eigenvalue weighted by atomic mass is 32.2. The lowest BCUT2D eigenvalue weighted by molar-refractivity contribution is 0.0696. The number of amides is 1. The molecule has 4 aromatic carbocycles. The van der Waals surface area contributed by atoms with E-state index in [4.69, 9.17) is 9.47 Å². The number of hydrogen-bond acceptors (Lipinski definition) is 7. The van der Waals surface area contributed by atoms with E-state index < -0.39 is 16.0 Å². The highest BCUT2D eigenvalue weighted by molar-refractivity contribution is 7.92. The zero-order valence-electron chi connectivity index (χ0n) is 22.4. The molecule has 11 heteroatoms. The average molecular weight is 576 g/mol. The molecule has 0 aliphatic carbocycles. The Kier molecular flexibility index (Phi) is 9.10. The Hall–Kier alpha value is -5.03. The van der Waals surface area contributed by atoms with Crippen molar-refractivity contribution in [1.29, 1.82) is 0 Å². The average Bonchev–Trinajstić information content (AvgIpc) is 2.98. The van der Waals surface area contributed by atoms with Crippen molar-refractivity contribution in [3.63, 3.8) is 0 Å². The normalized spacial score (nSPS) is 10.9. The van der Waals surface area contributed by atoms with Crippen molar-refractivity contribution in [1.82, 2.24) is 5.32 Å². The van der Waals surface area contributed by atoms with Crippen molar-refractivity contribution in [2.24, 2.45) is 0 Å². The number of anilines is 2. The number of carbonyl (C=O) groups is 2. The van der Waals surface area contributed by atoms with Gasteiger partial charge in [0.25, 0.3) is 15.9 Å². The molecule has 0 aromatic heterocycles. The molecule has 0 radical (unpaired) electrons. The molecule has 0 fully saturated rings. The minimum Gasteiger partial charge on any atom is -0.496 e. The summed E-state index contributed by atoms with van der Waals surface area (Å²) in [5.74, 6) is -0.733. The van der Waals surface area contributed by atoms with Crippen LogP contribution in [-0.2, 0) is 10.0 Å². The highest BCUT2D eigenvalue weighted by Crippen LogP contribution is 2.32. The SMILES string of the molecule is COc1ccccc1C(=O)NCCNc1cccc(NS(=O)(=O)c2cc(-c3cccc(C(=O)O)c3)ccc2OC)c1. The van der Waals surface area contributed by atoms with Crippen LogP contribution in [0.1, 0.15) is 20.7 Å². The summed E-state index contributed by atoms with van der Waals surface area (Å²) >= 11 is 0. The summed E-state index contributed by atoms with van der Waals surface area (Å²) in [6.07, 6.45) is 0. The van der Waals surface area contributed by atoms with Crippen molar-refractivity contribution < 1.29 is 32.6 Å². The van der Waals surface area contributed by atoms with E-state index >= 15 is 0 Å². The predicted octanol–water partition coefficient (Wildman–Crippen LogP) is 4.71. The Labute approximate surface area is 238 Å². The Bertz CT molecular complexity index is 1670. The van der Waals surface area contributed by atoms with Gasteiger partial charge in [-0.15, -0.1) is 0 Å². The minimum atomic E-state index is -4.09. The molecule has 0 aliphatic rings. The van der Waals surface area contributed by atoms with Crippen LogP contribution in [-0.4, -0.2) is 52.7 Å². The van der Waals surface area contributed by atoms with Gasteiger partial charge in [-0.2, -0.15) is 0 Å². The van der Waals surface area contributed by atoms with E-state index in [1.807, 2.05) is 0 Å². The van der Waals surface area contributed by atoms with Crippen molar-refractivity contribution >= 4 is 33.3 Å². The molecule has 0 bridgehead atoms. The van der Waals surface area contributed by atoms with Gasteiger partial charge in [-0.1, -0.05) is 36.4 Å². The Morgan fingerprint density at radius 2 is 1.46 bits per heavy atom. The number of carbonyl (C=O) groups excluding carboxylic acids is 1. The third-order valence-corrected chi connectivity index (χ3v) is 7.50. The maximum Gasteiger partial charge on any atom is 0.335 e. The van der Waals surface area contributed by atoms with Gasteiger partial charge >= 0.3 is 5.97 Å². The summed E-state index contributed by atoms with van der Waals surface area (Å²) in [6, 6.07) is 24.5. The number of hydrogen-bond donors (Lipinski definition) is 4. The third-order valence-electron chi connectivity index (χ3n) is 6.10. The van der Waals surface area contributed by atoms with Gasteiger partial charge in [0.15, 0.2) is 0 Å². The summed E-state index contributed by atoms with van der Waals surface area (Å²) in [5.41, 5.74) is 2.54. The summed E-state index contributed by atoms with van der Waals surface area (Å²) in [5, 5.41) is 15.3. The number of para-hydroxylation sites is 1. The van der Waals surface area contributed by atoms with Gasteiger partial charge in [0.05, 0.1) is 31.0 Å². The Morgan fingerprint density at radius 1 is 0.756 bits per heavy atom. The topological polar surface area (TPSA) is 143 Å². The number of rotatable bonds is 12. The van der Waals surface area contributed by atoms with Crippen LogP contribution in [0.2, 0.25) is 0 Å². The number of ether oxygens (including phenoxy) is 2. The Balaban J connectivity index is 1.45. The largest absolute Gasteiger partial charge is 0.496 e. The van der Waals surface area contributed by atoms with Crippen LogP contribution in [0.3, 0.4) is 0 Å². The first-order valence-corrected chi connectivity index (χ1v) is 14.0. The van der Waals surface area contributed by atoms with Crippen molar-refractivity contribution in [2.45, 2.75) is 4.90 Å². The molecular formula is C30H29N3O7S. The first kappa shape index (κ1) is 29.0. The number of benzene rings is 4. The molecule has 41 heavy (non-hydrogen) atoms. The van der Waals surface area contributed by atoms with Gasteiger partial charge in [-0.3, -0.25) is 9.52 Å². The second-order valence-electron chi connectivity index (χ2n) is 8.82. The van der Waals surface area contributed by atoms with E-state index in [0.717, 1.165) is 0 Å². The molecule has 0 aliphatic heterocycles. The molecule has 10 nitrogen and oxygen atoms in total. The van der Waals surface area contributed by atoms with E-state index in [-0.39, 0.29) is 22.1 Å². The fraction of sp³-hybridized carbons (Fsp3) is 0.133. The van der Waals surface area contributed by atoms with E-state index in [1.165, 1.54) is 38.5 Å². The molecule has 212 valence electrons. The van der Waals surface area contributed by atoms with Crippen LogP contribution >= 0.6 is 0 Å². The van der Waals surface area contributed by atoms with Crippen molar-refractivity contribution in [2.75, 3.05) is 37.3 Å². The van der Waals surface area contributed by atoms with Crippen LogP contribution in [0.4, 0.5) is 11.4 Å². The lowest BCUT2D eigenvalue weighted by atomic mass is 10.0. The number of nitrogens with one attached hydrogen (secondary N) is 3. The number of aromatic carboxylic acids is 1. The number of carboxylic acids is 1. The van der Waals surface area contributed by atoms with E-state index in [0.29, 0.717) is 46.9 Å². The van der Waals surface area contributed by atoms with E-state index in [1.54, 1.807) is 66.7 Å². The van der Waals surface area contributed by atoms with Gasteiger partial charge < -0.3 is 25.2 Å². The summed E-state index contributed by atoms with van der Waals surface area (Å²) < 4.78 is 39.9. The van der Waals surface area contributed by atoms with Gasteiger partial charge in [-0.05, 0) is 65.7 Å². The number of carboxylic acid groups (broad SMARTS) is 1. The second kappa shape index (κ2) is 12.9. The maximum absolute atomic E-state index is 13.4. The molecule has 1 amide bonds. The summed E-state index contributed by atoms with van der Waals surface area (Å²) in [6.45, 7) is 0.711. The lowest BCUT2D eigenvalue weighted by Crippen LogP contribution is -2.29. The zero-order chi connectivity index (χ0) is 29.4. The van der Waals surface area contributed by atoms with Gasteiger partial charge in [-0.25, -0.2) is 13.2 Å². The van der Waals surface area contributed by atoms with Gasteiger partial charge in [0, 0.05) is 18.8 Å². The molecule has 0 heterocycles. The smallest absolute Gasteiger partial charge is 0.335 e. The molecule has 4 rings (SSSR count). The zero-order valence-corrected chi connectivity index (χ0v) is 23.2. The molecular weight excluding hydrogens is 546 g/mol. The van der Waals surface area contributed by atoms with Gasteiger partial charge in [0.2, 0.25) is 0 Å². The molecule has 4 N–H and O–H groups in total. The monoisotopic (exact) mass is 575 g/mol. The van der Waals surface area contributed by atoms with Crippen LogP contribution in [0.15, 0.2) is 95.9 Å². The van der Waals surface area contributed by atoms with Crippen LogP contribution in [0.5, 0.6) is 11.5 Å². The first-order valence-electron chi connectivity index (χ1n) is 12.5. The number of sulfonamides is 1. The maximum atomic E-state index is 13.4. The minimum absolute atomic E-state index is 0.0875. The fourth-order valence-electron chi connectivity index (χ4n) is 4.11. The van der Waals surface area contributed by atoms with E-state index in [2.05, 4.69) is 15.4 Å². The molecule has 0 atom stereocenters. The molecule has 0 spiro atoms. The van der Waals surface area contributed by atoms with Crippen molar-refractivity contribution in [3.8, 4) is 22.6 Å². The quantitative estimate of drug-likeness (QED) is 0.178. The lowest BCUT2D eigenvalue weighted by Gasteiger charge is -2.15. The number of methoxy groups -OCH3 is 2. The predicted molar refractivity (Wildman–Crippen MR) is 156 cm³/mol. The van der Waals surface area contributed by atoms with E-state index in [9.17, 15) is 23.1 Å². The molecule has 4 aromatic rings. The van der Waals surface area contributed by atoms with Crippen LogP contribution < -0.4 is 24.8 Å². The molecule has 0 unspecified atom stereocenters. The second-order valence-corrected chi connectivity index (χ2v) is 10.5. The summed E-state index contributed by atoms with van der Waals surface area (Å²) in [4.78, 5) is 23.7. The Morgan fingerprint density at radius 3 is 2.22 bits per heavy atom. The fourth-order valence-corrected chi connectivity index (χ4v) is 5.36. The standard InChI is InChI=1S/C30H29N3O7S/c1-39-26-12-4-3-11-25(26)29(34)32-16-15-31-23-9-6-10-24(19-23)33-41(37,38)28-18-21(13-14-27(28)40-2)20-7-5-8-22(17-20)30(35)36/h3-14,17-19,31,33H,15-16H2,1-2H3,(H,32,34)(H,35,36).